The first-order chi connectivity index (χ1) is 8.72. The molecule has 0 amide bonds. The lowest BCUT2D eigenvalue weighted by molar-refractivity contribution is 0.0250. The third kappa shape index (κ3) is 1.88. The van der Waals surface area contributed by atoms with Gasteiger partial charge in [0.05, 0.1) is 24.4 Å². The summed E-state index contributed by atoms with van der Waals surface area (Å²) in [5.41, 5.74) is 2.45. The van der Waals surface area contributed by atoms with Gasteiger partial charge in [-0.25, -0.2) is 0 Å². The number of anilines is 1. The predicted molar refractivity (Wildman–Crippen MR) is 75.3 cm³/mol. The average Bonchev–Trinajstić information content (AvgIpc) is 2.92. The summed E-state index contributed by atoms with van der Waals surface area (Å²) in [5, 5.41) is 5.45. The summed E-state index contributed by atoms with van der Waals surface area (Å²) in [6, 6.07) is 0.548. The average molecular weight is 314 g/mol. The van der Waals surface area contributed by atoms with Crippen LogP contribution in [0.4, 0.5) is 5.82 Å². The van der Waals surface area contributed by atoms with Crippen LogP contribution in [0.5, 0.6) is 0 Å². The molecule has 0 aromatic carbocycles. The fraction of sp³-hybridized carbons (Fsp3) is 0.769. The van der Waals surface area contributed by atoms with Crippen LogP contribution < -0.4 is 4.90 Å². The number of morpholine rings is 1. The molecular weight excluding hydrogens is 294 g/mol. The Morgan fingerprint density at radius 3 is 3.06 bits per heavy atom. The van der Waals surface area contributed by atoms with E-state index in [9.17, 15) is 0 Å². The lowest BCUT2D eigenvalue weighted by atomic mass is 10.1. The molecule has 1 aromatic heterocycles. The number of ether oxygens (including phenoxy) is 1. The number of halogens is 1. The second-order valence-corrected chi connectivity index (χ2v) is 5.81. The van der Waals surface area contributed by atoms with Gasteiger partial charge in [0.2, 0.25) is 0 Å². The van der Waals surface area contributed by atoms with E-state index in [2.05, 4.69) is 32.9 Å². The van der Waals surface area contributed by atoms with Crippen LogP contribution in [0, 0.1) is 6.92 Å². The molecule has 0 N–H and O–H groups in total. The summed E-state index contributed by atoms with van der Waals surface area (Å²) in [4.78, 5) is 2.53. The highest BCUT2D eigenvalue weighted by molar-refractivity contribution is 9.08. The number of alkyl halides is 1. The third-order valence-electron chi connectivity index (χ3n) is 4.20. The zero-order valence-electron chi connectivity index (χ0n) is 11.0. The van der Waals surface area contributed by atoms with Gasteiger partial charge in [0.1, 0.15) is 5.82 Å². The Morgan fingerprint density at radius 2 is 2.28 bits per heavy atom. The van der Waals surface area contributed by atoms with Crippen molar-refractivity contribution >= 4 is 21.7 Å². The number of aromatic nitrogens is 2. The van der Waals surface area contributed by atoms with Gasteiger partial charge in [0, 0.05) is 24.5 Å². The molecule has 2 unspecified atom stereocenters. The maximum atomic E-state index is 5.89. The van der Waals surface area contributed by atoms with Gasteiger partial charge >= 0.3 is 0 Å². The number of fused-ring (bicyclic) bond motifs is 1. The third-order valence-corrected chi connectivity index (χ3v) is 4.76. The Kier molecular flexibility index (Phi) is 3.36. The summed E-state index contributed by atoms with van der Waals surface area (Å²) < 4.78 is 7.93. The molecule has 5 heteroatoms. The highest BCUT2D eigenvalue weighted by Crippen LogP contribution is 2.35. The van der Waals surface area contributed by atoms with E-state index in [1.165, 1.54) is 30.6 Å². The van der Waals surface area contributed by atoms with Crippen molar-refractivity contribution in [1.82, 2.24) is 9.78 Å². The molecule has 3 rings (SSSR count). The summed E-state index contributed by atoms with van der Waals surface area (Å²) in [5.74, 6) is 1.28. The van der Waals surface area contributed by atoms with E-state index in [0.29, 0.717) is 12.1 Å². The first kappa shape index (κ1) is 12.5. The first-order valence-corrected chi connectivity index (χ1v) is 7.81. The van der Waals surface area contributed by atoms with Gasteiger partial charge in [-0.1, -0.05) is 15.9 Å². The molecule has 2 heterocycles. The molecule has 2 atom stereocenters. The summed E-state index contributed by atoms with van der Waals surface area (Å²) in [6.45, 7) is 3.92. The number of rotatable bonds is 2. The fourth-order valence-electron chi connectivity index (χ4n) is 3.39. The highest BCUT2D eigenvalue weighted by atomic mass is 79.9. The molecule has 18 heavy (non-hydrogen) atoms. The molecule has 1 saturated carbocycles. The van der Waals surface area contributed by atoms with Crippen LogP contribution in [-0.2, 0) is 17.1 Å². The lowest BCUT2D eigenvalue weighted by Gasteiger charge is -2.39. The number of hydrogen-bond donors (Lipinski definition) is 0. The minimum Gasteiger partial charge on any atom is -0.374 e. The van der Waals surface area contributed by atoms with Crippen molar-refractivity contribution < 1.29 is 4.74 Å². The molecule has 100 valence electrons. The minimum atomic E-state index is 0.428. The molecule has 0 bridgehead atoms. The molecule has 2 fully saturated rings. The summed E-state index contributed by atoms with van der Waals surface area (Å²) >= 11 is 3.60. The fourth-order valence-corrected chi connectivity index (χ4v) is 4.05. The molecule has 1 aliphatic carbocycles. The highest BCUT2D eigenvalue weighted by Gasteiger charge is 2.38. The lowest BCUT2D eigenvalue weighted by Crippen LogP contribution is -2.49. The molecule has 1 aromatic rings. The zero-order chi connectivity index (χ0) is 12.7. The Balaban J connectivity index is 1.98. The number of aryl methyl sites for hydroxylation is 2. The van der Waals surface area contributed by atoms with Gasteiger partial charge in [-0.15, -0.1) is 0 Å². The van der Waals surface area contributed by atoms with E-state index in [4.69, 9.17) is 4.74 Å². The van der Waals surface area contributed by atoms with Crippen LogP contribution >= 0.6 is 15.9 Å². The molecular formula is C13H20BrN3O. The van der Waals surface area contributed by atoms with Crippen molar-refractivity contribution in [2.45, 2.75) is 43.7 Å². The maximum absolute atomic E-state index is 5.89. The van der Waals surface area contributed by atoms with Gasteiger partial charge in [-0.2, -0.15) is 5.10 Å². The van der Waals surface area contributed by atoms with Gasteiger partial charge in [0.15, 0.2) is 0 Å². The smallest absolute Gasteiger partial charge is 0.131 e. The Hall–Kier alpha value is -0.550. The molecule has 1 aliphatic heterocycles. The molecule has 0 radical (unpaired) electrons. The van der Waals surface area contributed by atoms with E-state index in [-0.39, 0.29) is 0 Å². The van der Waals surface area contributed by atoms with E-state index >= 15 is 0 Å². The molecule has 2 aliphatic rings. The van der Waals surface area contributed by atoms with E-state index in [0.717, 1.165) is 24.2 Å². The molecule has 4 nitrogen and oxygen atoms in total. The van der Waals surface area contributed by atoms with Crippen molar-refractivity contribution in [3.63, 3.8) is 0 Å². The van der Waals surface area contributed by atoms with Gasteiger partial charge in [-0.05, 0) is 26.2 Å². The molecule has 1 saturated heterocycles. The van der Waals surface area contributed by atoms with Crippen LogP contribution in [0.15, 0.2) is 0 Å². The van der Waals surface area contributed by atoms with Crippen molar-refractivity contribution in [2.75, 3.05) is 18.1 Å². The summed E-state index contributed by atoms with van der Waals surface area (Å²) in [7, 11) is 2.05. The SMILES string of the molecule is Cc1nn(C)c(N2CCOC3CCCC32)c1CBr. The quantitative estimate of drug-likeness (QED) is 0.785. The van der Waals surface area contributed by atoms with Gasteiger partial charge in [0.25, 0.3) is 0 Å². The zero-order valence-corrected chi connectivity index (χ0v) is 12.6. The van der Waals surface area contributed by atoms with Crippen molar-refractivity contribution in [3.05, 3.63) is 11.3 Å². The summed E-state index contributed by atoms with van der Waals surface area (Å²) in [6.07, 6.45) is 4.17. The van der Waals surface area contributed by atoms with Crippen LogP contribution in [0.1, 0.15) is 30.5 Å². The largest absolute Gasteiger partial charge is 0.374 e. The topological polar surface area (TPSA) is 30.3 Å². The van der Waals surface area contributed by atoms with Crippen molar-refractivity contribution in [2.24, 2.45) is 7.05 Å². The Morgan fingerprint density at radius 1 is 1.44 bits per heavy atom. The van der Waals surface area contributed by atoms with Crippen molar-refractivity contribution in [1.29, 1.82) is 0 Å². The molecule has 0 spiro atoms. The minimum absolute atomic E-state index is 0.428. The Bertz CT molecular complexity index is 446. The van der Waals surface area contributed by atoms with Crippen LogP contribution in [-0.4, -0.2) is 35.1 Å². The number of nitrogens with zero attached hydrogens (tertiary/aromatic N) is 3. The van der Waals surface area contributed by atoms with Gasteiger partial charge < -0.3 is 9.64 Å². The maximum Gasteiger partial charge on any atom is 0.131 e. The van der Waals surface area contributed by atoms with E-state index < -0.39 is 0 Å². The second kappa shape index (κ2) is 4.85. The predicted octanol–water partition coefficient (Wildman–Crippen LogP) is 2.38. The van der Waals surface area contributed by atoms with E-state index in [1.54, 1.807) is 0 Å². The normalized spacial score (nSPS) is 27.6. The number of hydrogen-bond acceptors (Lipinski definition) is 3. The first-order valence-electron chi connectivity index (χ1n) is 6.69. The van der Waals surface area contributed by atoms with Crippen LogP contribution in [0.25, 0.3) is 0 Å². The second-order valence-electron chi connectivity index (χ2n) is 5.25. The Labute approximate surface area is 116 Å². The van der Waals surface area contributed by atoms with Crippen molar-refractivity contribution in [3.8, 4) is 0 Å². The van der Waals surface area contributed by atoms with E-state index in [1.807, 2.05) is 11.7 Å². The monoisotopic (exact) mass is 313 g/mol. The standard InChI is InChI=1S/C13H20BrN3O/c1-9-10(8-14)13(16(2)15-9)17-6-7-18-12-5-3-4-11(12)17/h11-12H,3-8H2,1-2H3. The van der Waals surface area contributed by atoms with Gasteiger partial charge in [-0.3, -0.25) is 4.68 Å². The van der Waals surface area contributed by atoms with Crippen LogP contribution in [0.2, 0.25) is 0 Å². The van der Waals surface area contributed by atoms with Crippen LogP contribution in [0.3, 0.4) is 0 Å².